The molecule has 1 unspecified atom stereocenters. The molecule has 21 heavy (non-hydrogen) atoms. The smallest absolute Gasteiger partial charge is 0.244 e. The van der Waals surface area contributed by atoms with Crippen molar-refractivity contribution in [2.45, 2.75) is 45.8 Å². The lowest BCUT2D eigenvalue weighted by Gasteiger charge is -2.23. The number of fused-ring (bicyclic) bond motifs is 1. The predicted molar refractivity (Wildman–Crippen MR) is 83.2 cm³/mol. The molecule has 116 valence electrons. The second-order valence-electron chi connectivity index (χ2n) is 5.85. The Kier molecular flexibility index (Phi) is 4.42. The summed E-state index contributed by atoms with van der Waals surface area (Å²) in [6.45, 7) is 8.16. The lowest BCUT2D eigenvalue weighted by Crippen LogP contribution is -2.47. The van der Waals surface area contributed by atoms with E-state index in [4.69, 9.17) is 9.47 Å². The van der Waals surface area contributed by atoms with Crippen LogP contribution in [0.4, 0.5) is 5.69 Å². The summed E-state index contributed by atoms with van der Waals surface area (Å²) in [7, 11) is 1.76. The molecule has 1 aliphatic heterocycles. The summed E-state index contributed by atoms with van der Waals surface area (Å²) in [4.78, 5) is 12.3. The number of carbonyl (C=O) groups is 1. The van der Waals surface area contributed by atoms with Gasteiger partial charge < -0.3 is 20.1 Å². The summed E-state index contributed by atoms with van der Waals surface area (Å²) in [5.74, 6) is 1.40. The fourth-order valence-corrected chi connectivity index (χ4v) is 2.20. The summed E-state index contributed by atoms with van der Waals surface area (Å²) >= 11 is 0. The first-order valence-electron chi connectivity index (χ1n) is 7.34. The molecule has 1 aliphatic rings. The van der Waals surface area contributed by atoms with E-state index in [1.807, 2.05) is 39.8 Å². The lowest BCUT2D eigenvalue weighted by molar-refractivity contribution is -0.121. The maximum Gasteiger partial charge on any atom is 0.244 e. The first-order chi connectivity index (χ1) is 9.87. The van der Waals surface area contributed by atoms with Crippen molar-refractivity contribution >= 4 is 11.6 Å². The molecule has 0 radical (unpaired) electrons. The van der Waals surface area contributed by atoms with Crippen molar-refractivity contribution in [1.82, 2.24) is 5.32 Å². The van der Waals surface area contributed by atoms with E-state index >= 15 is 0 Å². The van der Waals surface area contributed by atoms with E-state index in [9.17, 15) is 4.79 Å². The molecule has 0 saturated carbocycles. The van der Waals surface area contributed by atoms with Gasteiger partial charge in [0.25, 0.3) is 0 Å². The van der Waals surface area contributed by atoms with Crippen LogP contribution in [0.3, 0.4) is 0 Å². The highest BCUT2D eigenvalue weighted by Gasteiger charge is 2.28. The van der Waals surface area contributed by atoms with E-state index in [2.05, 4.69) is 10.6 Å². The zero-order valence-electron chi connectivity index (χ0n) is 13.4. The Balaban J connectivity index is 2.30. The average Bonchev–Trinajstić information content (AvgIpc) is 2.78. The van der Waals surface area contributed by atoms with Crippen LogP contribution < -0.4 is 20.1 Å². The number of nitrogens with one attached hydrogen (secondary N) is 2. The van der Waals surface area contributed by atoms with Crippen LogP contribution in [0.2, 0.25) is 0 Å². The van der Waals surface area contributed by atoms with Crippen LogP contribution in [0, 0.1) is 0 Å². The second kappa shape index (κ2) is 5.93. The Morgan fingerprint density at radius 1 is 1.48 bits per heavy atom. The summed E-state index contributed by atoms with van der Waals surface area (Å²) in [6, 6.07) is 3.82. The molecular weight excluding hydrogens is 268 g/mol. The van der Waals surface area contributed by atoms with Gasteiger partial charge in [-0.05, 0) is 40.8 Å². The molecule has 0 aliphatic carbocycles. The van der Waals surface area contributed by atoms with Crippen LogP contribution in [0.25, 0.3) is 0 Å². The van der Waals surface area contributed by atoms with Crippen LogP contribution in [-0.2, 0) is 11.2 Å². The van der Waals surface area contributed by atoms with Gasteiger partial charge in [-0.3, -0.25) is 4.79 Å². The largest absolute Gasteiger partial charge is 0.492 e. The number of amides is 1. The van der Waals surface area contributed by atoms with Crippen LogP contribution in [0.5, 0.6) is 11.5 Å². The molecule has 1 heterocycles. The number of hydrogen-bond acceptors (Lipinski definition) is 4. The molecule has 5 heteroatoms. The molecule has 0 fully saturated rings. The molecule has 0 aromatic heterocycles. The van der Waals surface area contributed by atoms with E-state index in [0.29, 0.717) is 18.0 Å². The van der Waals surface area contributed by atoms with Gasteiger partial charge in [-0.15, -0.1) is 0 Å². The summed E-state index contributed by atoms with van der Waals surface area (Å²) < 4.78 is 11.4. The third-order valence-electron chi connectivity index (χ3n) is 3.74. The summed E-state index contributed by atoms with van der Waals surface area (Å²) in [6.07, 6.45) is 1.03. The monoisotopic (exact) mass is 292 g/mol. The van der Waals surface area contributed by atoms with Crippen molar-refractivity contribution in [3.05, 3.63) is 17.7 Å². The second-order valence-corrected chi connectivity index (χ2v) is 5.85. The topological polar surface area (TPSA) is 59.6 Å². The minimum atomic E-state index is -0.656. The molecule has 1 aromatic rings. The third kappa shape index (κ3) is 3.29. The minimum Gasteiger partial charge on any atom is -0.492 e. The number of ether oxygens (including phenoxy) is 2. The third-order valence-corrected chi connectivity index (χ3v) is 3.74. The summed E-state index contributed by atoms with van der Waals surface area (Å²) in [5.41, 5.74) is 1.12. The number of carbonyl (C=O) groups excluding carboxylic acids is 1. The van der Waals surface area contributed by atoms with Crippen LogP contribution >= 0.6 is 0 Å². The predicted octanol–water partition coefficient (Wildman–Crippen LogP) is 2.35. The van der Waals surface area contributed by atoms with Crippen molar-refractivity contribution in [3.8, 4) is 11.5 Å². The Morgan fingerprint density at radius 2 is 2.19 bits per heavy atom. The highest BCUT2D eigenvalue weighted by atomic mass is 16.5. The summed E-state index contributed by atoms with van der Waals surface area (Å²) in [5, 5.41) is 5.91. The lowest BCUT2D eigenvalue weighted by atomic mass is 10.0. The highest BCUT2D eigenvalue weighted by molar-refractivity contribution is 5.98. The first-order valence-corrected chi connectivity index (χ1v) is 7.34. The molecule has 1 atom stereocenters. The standard InChI is InChI=1S/C16H24N2O3/c1-6-20-14-8-11-7-10(2)21-13(11)9-12(14)18-15(19)16(3,4)17-5/h8-10,17H,6-7H2,1-5H3,(H,18,19). The maximum absolute atomic E-state index is 12.3. The van der Waals surface area contributed by atoms with Gasteiger partial charge in [-0.25, -0.2) is 0 Å². The molecule has 0 saturated heterocycles. The Bertz CT molecular complexity index is 541. The molecule has 0 spiro atoms. The van der Waals surface area contributed by atoms with Crippen molar-refractivity contribution in [1.29, 1.82) is 0 Å². The Morgan fingerprint density at radius 3 is 2.81 bits per heavy atom. The molecule has 0 bridgehead atoms. The van der Waals surface area contributed by atoms with Crippen molar-refractivity contribution in [2.75, 3.05) is 19.0 Å². The molecule has 5 nitrogen and oxygen atoms in total. The van der Waals surface area contributed by atoms with Crippen LogP contribution in [0.1, 0.15) is 33.3 Å². The maximum atomic E-state index is 12.3. The molecular formula is C16H24N2O3. The molecule has 1 aromatic carbocycles. The van der Waals surface area contributed by atoms with Gasteiger partial charge in [0.05, 0.1) is 17.8 Å². The van der Waals surface area contributed by atoms with Gasteiger partial charge in [0.2, 0.25) is 5.91 Å². The van der Waals surface area contributed by atoms with Crippen LogP contribution in [-0.4, -0.2) is 31.2 Å². The Hall–Kier alpha value is -1.75. The quantitative estimate of drug-likeness (QED) is 0.874. The van der Waals surface area contributed by atoms with E-state index in [-0.39, 0.29) is 12.0 Å². The van der Waals surface area contributed by atoms with E-state index < -0.39 is 5.54 Å². The van der Waals surface area contributed by atoms with Gasteiger partial charge in [-0.2, -0.15) is 0 Å². The van der Waals surface area contributed by atoms with Gasteiger partial charge in [0, 0.05) is 18.1 Å². The molecule has 2 rings (SSSR count). The fraction of sp³-hybridized carbons (Fsp3) is 0.562. The van der Waals surface area contributed by atoms with Crippen molar-refractivity contribution < 1.29 is 14.3 Å². The van der Waals surface area contributed by atoms with Gasteiger partial charge in [0.1, 0.15) is 17.6 Å². The van der Waals surface area contributed by atoms with E-state index in [1.54, 1.807) is 7.05 Å². The zero-order valence-corrected chi connectivity index (χ0v) is 13.4. The SMILES string of the molecule is CCOc1cc2c(cc1NC(=O)C(C)(C)NC)OC(C)C2. The van der Waals surface area contributed by atoms with Crippen LogP contribution in [0.15, 0.2) is 12.1 Å². The number of benzene rings is 1. The normalized spacial score (nSPS) is 17.1. The number of likely N-dealkylation sites (N-methyl/N-ethyl adjacent to an activating group) is 1. The fourth-order valence-electron chi connectivity index (χ4n) is 2.20. The molecule has 1 amide bonds. The number of hydrogen-bond donors (Lipinski definition) is 2. The highest BCUT2D eigenvalue weighted by Crippen LogP contribution is 2.38. The van der Waals surface area contributed by atoms with E-state index in [0.717, 1.165) is 17.7 Å². The van der Waals surface area contributed by atoms with Gasteiger partial charge in [0.15, 0.2) is 0 Å². The number of rotatable bonds is 5. The minimum absolute atomic E-state index is 0.114. The van der Waals surface area contributed by atoms with Crippen molar-refractivity contribution in [3.63, 3.8) is 0 Å². The molecule has 2 N–H and O–H groups in total. The Labute approximate surface area is 126 Å². The van der Waals surface area contributed by atoms with Gasteiger partial charge >= 0.3 is 0 Å². The van der Waals surface area contributed by atoms with E-state index in [1.165, 1.54) is 0 Å². The van der Waals surface area contributed by atoms with Gasteiger partial charge in [-0.1, -0.05) is 0 Å². The first kappa shape index (κ1) is 15.6. The average molecular weight is 292 g/mol. The number of anilines is 1. The van der Waals surface area contributed by atoms with Crippen molar-refractivity contribution in [2.24, 2.45) is 0 Å². The zero-order chi connectivity index (χ0) is 15.6.